The fourth-order valence-electron chi connectivity index (χ4n) is 2.28. The molecule has 1 saturated carbocycles. The fraction of sp³-hybridized carbons (Fsp3) is 0.562. The zero-order chi connectivity index (χ0) is 14.8. The standard InChI is InChI=1S/C16H24FN3.HI/c1-5-18-15(20-16(2,3)4)19-14-10-12(14)11-8-6-7-9-13(11)17;/h6-9,12,14H,5,10H2,1-4H3,(H2,18,19,20);1H. The first kappa shape index (κ1) is 18.2. The minimum absolute atomic E-state index is 0. The topological polar surface area (TPSA) is 36.4 Å². The van der Waals surface area contributed by atoms with E-state index in [1.54, 1.807) is 6.07 Å². The summed E-state index contributed by atoms with van der Waals surface area (Å²) in [6.45, 7) is 9.03. The molecule has 0 aromatic heterocycles. The third kappa shape index (κ3) is 5.45. The fourth-order valence-corrected chi connectivity index (χ4v) is 2.28. The molecule has 5 heteroatoms. The van der Waals surface area contributed by atoms with E-state index in [1.807, 2.05) is 19.1 Å². The lowest BCUT2D eigenvalue weighted by molar-refractivity contribution is 0.500. The van der Waals surface area contributed by atoms with Crippen LogP contribution in [0.1, 0.15) is 45.6 Å². The van der Waals surface area contributed by atoms with E-state index in [9.17, 15) is 4.39 Å². The Morgan fingerprint density at radius 3 is 2.57 bits per heavy atom. The molecule has 0 spiro atoms. The van der Waals surface area contributed by atoms with Crippen LogP contribution in [-0.2, 0) is 0 Å². The van der Waals surface area contributed by atoms with Gasteiger partial charge in [0.05, 0.1) is 0 Å². The highest BCUT2D eigenvalue weighted by Gasteiger charge is 2.40. The van der Waals surface area contributed by atoms with Gasteiger partial charge in [-0.2, -0.15) is 0 Å². The number of hydrogen-bond donors (Lipinski definition) is 2. The van der Waals surface area contributed by atoms with E-state index in [2.05, 4.69) is 36.4 Å². The summed E-state index contributed by atoms with van der Waals surface area (Å²) in [5.74, 6) is 0.948. The maximum atomic E-state index is 13.7. The molecule has 0 amide bonds. The minimum atomic E-state index is -0.112. The molecule has 0 heterocycles. The monoisotopic (exact) mass is 405 g/mol. The first-order valence-electron chi connectivity index (χ1n) is 7.24. The average molecular weight is 405 g/mol. The quantitative estimate of drug-likeness (QED) is 0.458. The van der Waals surface area contributed by atoms with E-state index < -0.39 is 0 Å². The molecule has 1 aliphatic rings. The van der Waals surface area contributed by atoms with Gasteiger partial charge in [0.2, 0.25) is 0 Å². The van der Waals surface area contributed by atoms with Crippen molar-refractivity contribution in [3.63, 3.8) is 0 Å². The summed E-state index contributed by atoms with van der Waals surface area (Å²) in [4.78, 5) is 4.44. The van der Waals surface area contributed by atoms with E-state index in [0.717, 1.165) is 24.5 Å². The van der Waals surface area contributed by atoms with Crippen LogP contribution in [0.15, 0.2) is 29.3 Å². The summed E-state index contributed by atoms with van der Waals surface area (Å²) in [6, 6.07) is 7.29. The Hall–Kier alpha value is -0.850. The molecule has 118 valence electrons. The zero-order valence-corrected chi connectivity index (χ0v) is 15.4. The Balaban J connectivity index is 0.00000220. The second-order valence-electron chi connectivity index (χ2n) is 6.31. The summed E-state index contributed by atoms with van der Waals surface area (Å²) in [7, 11) is 0. The van der Waals surface area contributed by atoms with Crippen LogP contribution >= 0.6 is 24.0 Å². The van der Waals surface area contributed by atoms with Gasteiger partial charge in [-0.25, -0.2) is 4.39 Å². The third-order valence-corrected chi connectivity index (χ3v) is 3.23. The normalized spacial score (nSPS) is 21.5. The van der Waals surface area contributed by atoms with Crippen molar-refractivity contribution in [3.8, 4) is 0 Å². The van der Waals surface area contributed by atoms with Crippen molar-refractivity contribution in [2.75, 3.05) is 6.54 Å². The zero-order valence-electron chi connectivity index (χ0n) is 13.1. The molecule has 1 aromatic rings. The summed E-state index contributed by atoms with van der Waals surface area (Å²) in [5, 5.41) is 6.76. The van der Waals surface area contributed by atoms with Crippen molar-refractivity contribution in [2.45, 2.75) is 51.6 Å². The lowest BCUT2D eigenvalue weighted by Crippen LogP contribution is -2.48. The molecular formula is C16H25FIN3. The molecule has 2 unspecified atom stereocenters. The van der Waals surface area contributed by atoms with Gasteiger partial charge in [-0.05, 0) is 45.7 Å². The number of guanidine groups is 1. The van der Waals surface area contributed by atoms with Gasteiger partial charge < -0.3 is 10.6 Å². The van der Waals surface area contributed by atoms with Crippen molar-refractivity contribution in [2.24, 2.45) is 4.99 Å². The minimum Gasteiger partial charge on any atom is -0.353 e. The predicted molar refractivity (Wildman–Crippen MR) is 97.0 cm³/mol. The number of rotatable bonds is 3. The predicted octanol–water partition coefficient (Wildman–Crippen LogP) is 3.65. The van der Waals surface area contributed by atoms with Crippen LogP contribution in [0.5, 0.6) is 0 Å². The Morgan fingerprint density at radius 2 is 2.00 bits per heavy atom. The van der Waals surface area contributed by atoms with Crippen LogP contribution in [0.3, 0.4) is 0 Å². The second-order valence-corrected chi connectivity index (χ2v) is 6.31. The van der Waals surface area contributed by atoms with Gasteiger partial charge in [-0.3, -0.25) is 4.99 Å². The highest BCUT2D eigenvalue weighted by atomic mass is 127. The van der Waals surface area contributed by atoms with E-state index in [4.69, 9.17) is 0 Å². The van der Waals surface area contributed by atoms with Crippen LogP contribution < -0.4 is 10.6 Å². The Kier molecular flexibility index (Phi) is 6.43. The van der Waals surface area contributed by atoms with Crippen molar-refractivity contribution in [1.29, 1.82) is 0 Å². The van der Waals surface area contributed by atoms with Crippen LogP contribution in [0.2, 0.25) is 0 Å². The van der Waals surface area contributed by atoms with Crippen molar-refractivity contribution < 1.29 is 4.39 Å². The second kappa shape index (κ2) is 7.42. The molecule has 1 fully saturated rings. The molecule has 0 saturated heterocycles. The molecule has 1 aliphatic carbocycles. The van der Waals surface area contributed by atoms with Crippen LogP contribution in [0.25, 0.3) is 0 Å². The third-order valence-electron chi connectivity index (χ3n) is 3.23. The first-order valence-corrected chi connectivity index (χ1v) is 7.24. The molecule has 0 radical (unpaired) electrons. The number of hydrogen-bond acceptors (Lipinski definition) is 1. The Bertz CT molecular complexity index is 497. The molecule has 0 aliphatic heterocycles. The SMILES string of the molecule is CCN=C(NC1CC1c1ccccc1F)NC(C)(C)C.I. The van der Waals surface area contributed by atoms with Gasteiger partial charge in [0, 0.05) is 24.0 Å². The van der Waals surface area contributed by atoms with Crippen molar-refractivity contribution in [3.05, 3.63) is 35.6 Å². The van der Waals surface area contributed by atoms with Crippen LogP contribution in [0, 0.1) is 5.82 Å². The molecular weight excluding hydrogens is 380 g/mol. The Morgan fingerprint density at radius 1 is 1.33 bits per heavy atom. The van der Waals surface area contributed by atoms with Crippen LogP contribution in [-0.4, -0.2) is 24.1 Å². The van der Waals surface area contributed by atoms with Crippen molar-refractivity contribution in [1.82, 2.24) is 10.6 Å². The summed E-state index contributed by atoms with van der Waals surface area (Å²) in [5.41, 5.74) is 0.764. The van der Waals surface area contributed by atoms with E-state index in [1.165, 1.54) is 6.07 Å². The van der Waals surface area contributed by atoms with Gasteiger partial charge >= 0.3 is 0 Å². The molecule has 3 nitrogen and oxygen atoms in total. The molecule has 2 N–H and O–H groups in total. The lowest BCUT2D eigenvalue weighted by atomic mass is 10.1. The highest BCUT2D eigenvalue weighted by molar-refractivity contribution is 14.0. The number of nitrogens with one attached hydrogen (secondary N) is 2. The Labute approximate surface area is 143 Å². The maximum absolute atomic E-state index is 13.7. The largest absolute Gasteiger partial charge is 0.353 e. The highest BCUT2D eigenvalue weighted by Crippen LogP contribution is 2.41. The molecule has 2 rings (SSSR count). The van der Waals surface area contributed by atoms with E-state index in [-0.39, 0.29) is 47.3 Å². The number of aliphatic imine (C=N–C) groups is 1. The smallest absolute Gasteiger partial charge is 0.191 e. The molecule has 2 atom stereocenters. The lowest BCUT2D eigenvalue weighted by Gasteiger charge is -2.24. The maximum Gasteiger partial charge on any atom is 0.191 e. The van der Waals surface area contributed by atoms with Gasteiger partial charge in [0.1, 0.15) is 5.82 Å². The average Bonchev–Trinajstić information content (AvgIpc) is 3.07. The van der Waals surface area contributed by atoms with Gasteiger partial charge in [-0.15, -0.1) is 24.0 Å². The molecule has 0 bridgehead atoms. The van der Waals surface area contributed by atoms with Crippen molar-refractivity contribution >= 4 is 29.9 Å². The van der Waals surface area contributed by atoms with Crippen LogP contribution in [0.4, 0.5) is 4.39 Å². The van der Waals surface area contributed by atoms with Gasteiger partial charge in [-0.1, -0.05) is 18.2 Å². The number of halogens is 2. The number of nitrogens with zero attached hydrogens (tertiary/aromatic N) is 1. The summed E-state index contributed by atoms with van der Waals surface area (Å²) in [6.07, 6.45) is 0.954. The van der Waals surface area contributed by atoms with Gasteiger partial charge in [0.25, 0.3) is 0 Å². The van der Waals surface area contributed by atoms with E-state index in [0.29, 0.717) is 0 Å². The van der Waals surface area contributed by atoms with E-state index >= 15 is 0 Å². The first-order chi connectivity index (χ1) is 9.40. The summed E-state index contributed by atoms with van der Waals surface area (Å²) < 4.78 is 13.7. The summed E-state index contributed by atoms with van der Waals surface area (Å²) >= 11 is 0. The number of benzene rings is 1. The van der Waals surface area contributed by atoms with Gasteiger partial charge in [0.15, 0.2) is 5.96 Å². The molecule has 1 aromatic carbocycles. The molecule has 21 heavy (non-hydrogen) atoms.